The van der Waals surface area contributed by atoms with Gasteiger partial charge in [-0.2, -0.15) is 0 Å². The zero-order chi connectivity index (χ0) is 45.9. The maximum atomic E-state index is 6.81. The van der Waals surface area contributed by atoms with Crippen LogP contribution in [0.4, 0.5) is 17.1 Å². The molecule has 3 heterocycles. The van der Waals surface area contributed by atoms with Crippen molar-refractivity contribution in [3.8, 4) is 50.2 Å². The van der Waals surface area contributed by atoms with Gasteiger partial charge in [-0.1, -0.05) is 218 Å². The molecule has 0 bridgehead atoms. The minimum Gasteiger partial charge on any atom is -0.455 e. The van der Waals surface area contributed by atoms with E-state index in [4.69, 9.17) is 4.42 Å². The second-order valence-corrected chi connectivity index (χ2v) is 18.7. The third-order valence-corrected chi connectivity index (χ3v) is 15.2. The smallest absolute Gasteiger partial charge is 0.143 e. The lowest BCUT2D eigenvalue weighted by Gasteiger charge is -2.39. The van der Waals surface area contributed by atoms with Crippen LogP contribution in [0, 0.1) is 0 Å². The molecule has 11 aromatic carbocycles. The Kier molecular flexibility index (Phi) is 8.28. The van der Waals surface area contributed by atoms with E-state index in [1.807, 2.05) is 0 Å². The van der Waals surface area contributed by atoms with E-state index in [2.05, 4.69) is 264 Å². The van der Waals surface area contributed by atoms with Gasteiger partial charge in [0, 0.05) is 43.8 Å². The Hall–Kier alpha value is -9.18. The van der Waals surface area contributed by atoms with Crippen LogP contribution in [0.15, 0.2) is 259 Å². The highest BCUT2D eigenvalue weighted by Gasteiger charge is 2.51. The second kappa shape index (κ2) is 14.9. The Morgan fingerprint density at radius 2 is 0.871 bits per heavy atom. The van der Waals surface area contributed by atoms with Gasteiger partial charge in [-0.05, 0) is 80.9 Å². The molecule has 0 saturated carbocycles. The molecule has 0 N–H and O–H groups in total. The zero-order valence-electron chi connectivity index (χ0n) is 38.1. The number of hydrogen-bond acceptors (Lipinski definition) is 2. The Bertz CT molecular complexity index is 4250. The molecule has 15 rings (SSSR count). The fourth-order valence-electron chi connectivity index (χ4n) is 12.4. The summed E-state index contributed by atoms with van der Waals surface area (Å²) in [6.45, 7) is 0. The Morgan fingerprint density at radius 1 is 0.329 bits per heavy atom. The summed E-state index contributed by atoms with van der Waals surface area (Å²) in [6, 6.07) is 93.6. The van der Waals surface area contributed by atoms with Crippen LogP contribution in [0.2, 0.25) is 0 Å². The number of furan rings is 1. The quantitative estimate of drug-likeness (QED) is 0.166. The van der Waals surface area contributed by atoms with Crippen molar-refractivity contribution in [2.24, 2.45) is 0 Å². The fourth-order valence-corrected chi connectivity index (χ4v) is 12.4. The Labute approximate surface area is 405 Å². The summed E-state index contributed by atoms with van der Waals surface area (Å²) in [6.07, 6.45) is 0. The van der Waals surface area contributed by atoms with Crippen LogP contribution in [0.5, 0.6) is 0 Å². The van der Waals surface area contributed by atoms with E-state index in [9.17, 15) is 0 Å². The van der Waals surface area contributed by atoms with Gasteiger partial charge >= 0.3 is 0 Å². The molecule has 0 amide bonds. The minimum absolute atomic E-state index is 0.611. The molecule has 1 atom stereocenters. The summed E-state index contributed by atoms with van der Waals surface area (Å²) >= 11 is 0. The number of nitrogens with zero attached hydrogens (tertiary/aromatic N) is 2. The average Bonchev–Trinajstić information content (AvgIpc) is 4.09. The van der Waals surface area contributed by atoms with E-state index in [1.165, 1.54) is 72.0 Å². The summed E-state index contributed by atoms with van der Waals surface area (Å²) in [7, 11) is 0. The molecule has 2 aliphatic rings. The number of benzene rings is 11. The van der Waals surface area contributed by atoms with E-state index in [1.54, 1.807) is 0 Å². The SMILES string of the molecule is c1ccc(-c2ccc(-c3ccccc3N(c3ccccc3-c3cccc4c3oc3ccccc34)c3cccc4c3-c3ccccc3C43c4ccccc4-n4c5ccccc5c5cccc3c54)cc2)cc1. The highest BCUT2D eigenvalue weighted by molar-refractivity contribution is 6.14. The third-order valence-electron chi connectivity index (χ3n) is 15.2. The third kappa shape index (κ3) is 5.29. The standard InChI is InChI=1S/C67H42N2O/c1-2-19-43(20-3-1)44-39-41-45(42-40-44)46-21-5-11-33-58(46)68(59-34-12-7-23-48(59)51-27-16-28-52-49-24-8-15-38-63(49)70-66(51)52)62-37-18-31-56-64(62)53-25-4-9-29-54(53)67(56)55-30-10-14-36-61(55)69-60-35-13-6-22-47(60)50-26-17-32-57(67)65(50)69/h1-42H. The maximum absolute atomic E-state index is 6.81. The zero-order valence-corrected chi connectivity index (χ0v) is 38.1. The van der Waals surface area contributed by atoms with Crippen molar-refractivity contribution in [3.63, 3.8) is 0 Å². The van der Waals surface area contributed by atoms with Gasteiger partial charge in [0.15, 0.2) is 0 Å². The first-order chi connectivity index (χ1) is 34.8. The van der Waals surface area contributed by atoms with Crippen LogP contribution in [0.1, 0.15) is 22.3 Å². The van der Waals surface area contributed by atoms with Crippen molar-refractivity contribution >= 4 is 60.8 Å². The van der Waals surface area contributed by atoms with Crippen molar-refractivity contribution in [2.45, 2.75) is 5.41 Å². The van der Waals surface area contributed by atoms with E-state index in [0.717, 1.165) is 61.3 Å². The summed E-state index contributed by atoms with van der Waals surface area (Å²) < 4.78 is 9.33. The summed E-state index contributed by atoms with van der Waals surface area (Å²) in [5.41, 5.74) is 22.5. The number of aromatic nitrogens is 1. The van der Waals surface area contributed by atoms with Crippen molar-refractivity contribution in [3.05, 3.63) is 277 Å². The molecule has 3 nitrogen and oxygen atoms in total. The molecular weight excluding hydrogens is 849 g/mol. The van der Waals surface area contributed by atoms with E-state index in [0.29, 0.717) is 0 Å². The fraction of sp³-hybridized carbons (Fsp3) is 0.0149. The van der Waals surface area contributed by atoms with Gasteiger partial charge in [0.25, 0.3) is 0 Å². The van der Waals surface area contributed by atoms with Gasteiger partial charge in [0.2, 0.25) is 0 Å². The summed E-state index contributed by atoms with van der Waals surface area (Å²) in [5.74, 6) is 0. The topological polar surface area (TPSA) is 21.3 Å². The summed E-state index contributed by atoms with van der Waals surface area (Å²) in [4.78, 5) is 2.54. The number of rotatable bonds is 6. The normalized spacial score (nSPS) is 14.3. The molecule has 0 saturated heterocycles. The Morgan fingerprint density at radius 3 is 1.73 bits per heavy atom. The van der Waals surface area contributed by atoms with E-state index < -0.39 is 5.41 Å². The molecule has 13 aromatic rings. The Balaban J connectivity index is 1.04. The van der Waals surface area contributed by atoms with Crippen molar-refractivity contribution < 1.29 is 4.42 Å². The van der Waals surface area contributed by atoms with Gasteiger partial charge in [-0.15, -0.1) is 0 Å². The van der Waals surface area contributed by atoms with Crippen LogP contribution >= 0.6 is 0 Å². The predicted octanol–water partition coefficient (Wildman–Crippen LogP) is 17.8. The maximum Gasteiger partial charge on any atom is 0.143 e. The van der Waals surface area contributed by atoms with Gasteiger partial charge in [-0.25, -0.2) is 0 Å². The lowest BCUT2D eigenvalue weighted by atomic mass is 9.65. The van der Waals surface area contributed by atoms with E-state index >= 15 is 0 Å². The first-order valence-corrected chi connectivity index (χ1v) is 24.2. The molecule has 326 valence electrons. The highest BCUT2D eigenvalue weighted by atomic mass is 16.3. The van der Waals surface area contributed by atoms with Crippen LogP contribution in [0.3, 0.4) is 0 Å². The molecule has 0 radical (unpaired) electrons. The van der Waals surface area contributed by atoms with Gasteiger partial charge in [0.05, 0.1) is 39.2 Å². The lowest BCUT2D eigenvalue weighted by molar-refractivity contribution is 0.670. The molecule has 3 heteroatoms. The number of anilines is 3. The number of hydrogen-bond donors (Lipinski definition) is 0. The van der Waals surface area contributed by atoms with Crippen LogP contribution in [-0.2, 0) is 5.41 Å². The van der Waals surface area contributed by atoms with Crippen LogP contribution in [-0.4, -0.2) is 4.57 Å². The first-order valence-electron chi connectivity index (χ1n) is 24.2. The van der Waals surface area contributed by atoms with Crippen molar-refractivity contribution in [1.82, 2.24) is 4.57 Å². The van der Waals surface area contributed by atoms with Gasteiger partial charge in [-0.3, -0.25) is 0 Å². The molecular formula is C67H42N2O. The molecule has 0 fully saturated rings. The van der Waals surface area contributed by atoms with Crippen molar-refractivity contribution in [2.75, 3.05) is 4.90 Å². The van der Waals surface area contributed by atoms with E-state index in [-0.39, 0.29) is 0 Å². The van der Waals surface area contributed by atoms with Gasteiger partial charge in [0.1, 0.15) is 11.2 Å². The van der Waals surface area contributed by atoms with Crippen LogP contribution in [0.25, 0.3) is 93.9 Å². The van der Waals surface area contributed by atoms with Crippen LogP contribution < -0.4 is 4.90 Å². The largest absolute Gasteiger partial charge is 0.455 e. The minimum atomic E-state index is -0.611. The highest BCUT2D eigenvalue weighted by Crippen LogP contribution is 2.64. The second-order valence-electron chi connectivity index (χ2n) is 18.7. The molecule has 1 spiro atoms. The first kappa shape index (κ1) is 38.9. The molecule has 1 aliphatic carbocycles. The van der Waals surface area contributed by atoms with Crippen molar-refractivity contribution in [1.29, 1.82) is 0 Å². The average molecular weight is 891 g/mol. The monoisotopic (exact) mass is 890 g/mol. The summed E-state index contributed by atoms with van der Waals surface area (Å²) in [5, 5.41) is 4.75. The molecule has 2 aromatic heterocycles. The molecule has 1 aliphatic heterocycles. The van der Waals surface area contributed by atoms with Gasteiger partial charge < -0.3 is 13.9 Å². The predicted molar refractivity (Wildman–Crippen MR) is 290 cm³/mol. The number of fused-ring (bicyclic) bond motifs is 15. The lowest BCUT2D eigenvalue weighted by Crippen LogP contribution is -2.33. The number of para-hydroxylation sites is 7. The molecule has 1 unspecified atom stereocenters. The molecule has 70 heavy (non-hydrogen) atoms.